The second kappa shape index (κ2) is 6.43. The van der Waals surface area contributed by atoms with Gasteiger partial charge in [-0.25, -0.2) is 0 Å². The van der Waals surface area contributed by atoms with E-state index in [0.29, 0.717) is 13.2 Å². The van der Waals surface area contributed by atoms with Crippen LogP contribution in [-0.2, 0) is 9.53 Å². The number of hydrogen-bond donors (Lipinski definition) is 2. The smallest absolute Gasteiger partial charge is 0.239 e. The van der Waals surface area contributed by atoms with Gasteiger partial charge in [-0.05, 0) is 27.3 Å². The first-order valence-corrected chi connectivity index (χ1v) is 4.74. The van der Waals surface area contributed by atoms with Crippen molar-refractivity contribution in [2.75, 3.05) is 20.2 Å². The summed E-state index contributed by atoms with van der Waals surface area (Å²) in [6.45, 7) is 8.31. The minimum atomic E-state index is -0.515. The summed E-state index contributed by atoms with van der Waals surface area (Å²) in [5.74, 6) is -0.00129. The van der Waals surface area contributed by atoms with E-state index >= 15 is 0 Å². The molecule has 0 spiro atoms. The van der Waals surface area contributed by atoms with Crippen LogP contribution in [0, 0.1) is 0 Å². The zero-order valence-corrected chi connectivity index (χ0v) is 9.22. The molecule has 0 atom stereocenters. The minimum absolute atomic E-state index is 0.00129. The summed E-state index contributed by atoms with van der Waals surface area (Å²) < 4.78 is 4.92. The summed E-state index contributed by atoms with van der Waals surface area (Å²) in [5.41, 5.74) is -0.515. The van der Waals surface area contributed by atoms with Gasteiger partial charge in [-0.3, -0.25) is 4.79 Å². The van der Waals surface area contributed by atoms with E-state index in [9.17, 15) is 4.79 Å². The van der Waals surface area contributed by atoms with E-state index in [1.54, 1.807) is 7.05 Å². The topological polar surface area (TPSA) is 50.4 Å². The lowest BCUT2D eigenvalue weighted by Crippen LogP contribution is -2.51. The molecule has 0 aliphatic heterocycles. The highest BCUT2D eigenvalue weighted by Gasteiger charge is 2.24. The predicted molar refractivity (Wildman–Crippen MR) is 56.9 cm³/mol. The molecule has 0 heterocycles. The highest BCUT2D eigenvalue weighted by Crippen LogP contribution is 1.99. The molecule has 0 aromatic heterocycles. The molecule has 0 aromatic carbocycles. The minimum Gasteiger partial charge on any atom is -0.502 e. The van der Waals surface area contributed by atoms with Gasteiger partial charge in [0.15, 0.2) is 0 Å². The van der Waals surface area contributed by atoms with Crippen LogP contribution in [0.15, 0.2) is 12.8 Å². The lowest BCUT2D eigenvalue weighted by molar-refractivity contribution is -0.126. The van der Waals surface area contributed by atoms with Crippen molar-refractivity contribution < 1.29 is 9.53 Å². The zero-order valence-electron chi connectivity index (χ0n) is 9.22. The van der Waals surface area contributed by atoms with E-state index < -0.39 is 5.54 Å². The van der Waals surface area contributed by atoms with Crippen molar-refractivity contribution in [3.8, 4) is 0 Å². The van der Waals surface area contributed by atoms with Crippen molar-refractivity contribution in [2.45, 2.75) is 25.8 Å². The summed E-state index contributed by atoms with van der Waals surface area (Å²) in [6.07, 6.45) is 2.19. The fraction of sp³-hybridized carbons (Fsp3) is 0.700. The third-order valence-corrected chi connectivity index (χ3v) is 2.04. The van der Waals surface area contributed by atoms with Crippen molar-refractivity contribution in [1.82, 2.24) is 10.6 Å². The monoisotopic (exact) mass is 200 g/mol. The number of nitrogens with one attached hydrogen (secondary N) is 2. The Bertz CT molecular complexity index is 191. The number of carbonyl (C=O) groups is 1. The molecule has 0 radical (unpaired) electrons. The van der Waals surface area contributed by atoms with Crippen molar-refractivity contribution in [2.24, 2.45) is 0 Å². The van der Waals surface area contributed by atoms with Crippen molar-refractivity contribution in [1.29, 1.82) is 0 Å². The quantitative estimate of drug-likeness (QED) is 0.468. The maximum atomic E-state index is 11.5. The summed E-state index contributed by atoms with van der Waals surface area (Å²) in [4.78, 5) is 11.5. The standard InChI is InChI=1S/C10H20N2O2/c1-5-14-8-6-7-12-9(13)10(2,3)11-4/h5,11H,1,6-8H2,2-4H3,(H,12,13). The van der Waals surface area contributed by atoms with Gasteiger partial charge in [0.2, 0.25) is 5.91 Å². The van der Waals surface area contributed by atoms with Crippen LogP contribution in [0.2, 0.25) is 0 Å². The molecule has 4 heteroatoms. The van der Waals surface area contributed by atoms with Gasteiger partial charge in [0.25, 0.3) is 0 Å². The molecule has 0 saturated carbocycles. The Morgan fingerprint density at radius 1 is 1.57 bits per heavy atom. The molecule has 2 N–H and O–H groups in total. The third kappa shape index (κ3) is 4.87. The van der Waals surface area contributed by atoms with Gasteiger partial charge in [-0.15, -0.1) is 0 Å². The summed E-state index contributed by atoms with van der Waals surface area (Å²) in [7, 11) is 1.76. The molecule has 0 rings (SSSR count). The molecular formula is C10H20N2O2. The van der Waals surface area contributed by atoms with Gasteiger partial charge in [0, 0.05) is 6.54 Å². The molecule has 14 heavy (non-hydrogen) atoms. The van der Waals surface area contributed by atoms with E-state index in [1.807, 2.05) is 13.8 Å². The van der Waals surface area contributed by atoms with Gasteiger partial charge in [-0.1, -0.05) is 6.58 Å². The summed E-state index contributed by atoms with van der Waals surface area (Å²) >= 11 is 0. The first-order valence-electron chi connectivity index (χ1n) is 4.74. The summed E-state index contributed by atoms with van der Waals surface area (Å²) in [5, 5.41) is 5.75. The molecule has 1 amide bonds. The fourth-order valence-corrected chi connectivity index (χ4v) is 0.775. The van der Waals surface area contributed by atoms with Gasteiger partial charge in [-0.2, -0.15) is 0 Å². The molecule has 0 aliphatic carbocycles. The lowest BCUT2D eigenvalue weighted by atomic mass is 10.1. The Balaban J connectivity index is 3.59. The van der Waals surface area contributed by atoms with E-state index in [-0.39, 0.29) is 5.91 Å². The Morgan fingerprint density at radius 2 is 2.21 bits per heavy atom. The summed E-state index contributed by atoms with van der Waals surface area (Å²) in [6, 6.07) is 0. The average Bonchev–Trinajstić information content (AvgIpc) is 2.17. The molecule has 0 bridgehead atoms. The normalized spacial score (nSPS) is 10.8. The van der Waals surface area contributed by atoms with Crippen LogP contribution >= 0.6 is 0 Å². The van der Waals surface area contributed by atoms with E-state index in [1.165, 1.54) is 6.26 Å². The molecular weight excluding hydrogens is 180 g/mol. The maximum Gasteiger partial charge on any atom is 0.239 e. The van der Waals surface area contributed by atoms with E-state index in [2.05, 4.69) is 17.2 Å². The van der Waals surface area contributed by atoms with Crippen LogP contribution in [0.4, 0.5) is 0 Å². The molecule has 0 saturated heterocycles. The van der Waals surface area contributed by atoms with Crippen LogP contribution in [-0.4, -0.2) is 31.6 Å². The zero-order chi connectivity index (χ0) is 11.0. The number of likely N-dealkylation sites (N-methyl/N-ethyl adjacent to an activating group) is 1. The maximum absolute atomic E-state index is 11.5. The third-order valence-electron chi connectivity index (χ3n) is 2.04. The molecule has 0 aliphatic rings. The molecule has 0 unspecified atom stereocenters. The highest BCUT2D eigenvalue weighted by molar-refractivity contribution is 5.85. The number of rotatable bonds is 7. The molecule has 0 fully saturated rings. The van der Waals surface area contributed by atoms with Crippen LogP contribution in [0.1, 0.15) is 20.3 Å². The Morgan fingerprint density at radius 3 is 2.71 bits per heavy atom. The fourth-order valence-electron chi connectivity index (χ4n) is 0.775. The number of hydrogen-bond acceptors (Lipinski definition) is 3. The van der Waals surface area contributed by atoms with Gasteiger partial charge < -0.3 is 15.4 Å². The predicted octanol–water partition coefficient (Wildman–Crippen LogP) is 0.651. The first-order chi connectivity index (χ1) is 6.54. The number of carbonyl (C=O) groups excluding carboxylic acids is 1. The van der Waals surface area contributed by atoms with Crippen LogP contribution < -0.4 is 10.6 Å². The largest absolute Gasteiger partial charge is 0.502 e. The van der Waals surface area contributed by atoms with Gasteiger partial charge in [0.1, 0.15) is 0 Å². The molecule has 82 valence electrons. The Kier molecular flexibility index (Phi) is 5.95. The van der Waals surface area contributed by atoms with Gasteiger partial charge >= 0.3 is 0 Å². The Labute approximate surface area is 85.7 Å². The van der Waals surface area contributed by atoms with E-state index in [4.69, 9.17) is 4.74 Å². The van der Waals surface area contributed by atoms with E-state index in [0.717, 1.165) is 6.42 Å². The van der Waals surface area contributed by atoms with Gasteiger partial charge in [0.05, 0.1) is 18.4 Å². The lowest BCUT2D eigenvalue weighted by Gasteiger charge is -2.22. The second-order valence-electron chi connectivity index (χ2n) is 3.52. The van der Waals surface area contributed by atoms with Crippen molar-refractivity contribution >= 4 is 5.91 Å². The van der Waals surface area contributed by atoms with Crippen LogP contribution in [0.5, 0.6) is 0 Å². The van der Waals surface area contributed by atoms with Crippen molar-refractivity contribution in [3.05, 3.63) is 12.8 Å². The second-order valence-corrected chi connectivity index (χ2v) is 3.52. The first kappa shape index (κ1) is 13.0. The van der Waals surface area contributed by atoms with Crippen LogP contribution in [0.3, 0.4) is 0 Å². The molecule has 0 aromatic rings. The number of ether oxygens (including phenoxy) is 1. The molecule has 4 nitrogen and oxygen atoms in total. The SMILES string of the molecule is C=COCCCNC(=O)C(C)(C)NC. The van der Waals surface area contributed by atoms with Crippen LogP contribution in [0.25, 0.3) is 0 Å². The van der Waals surface area contributed by atoms with Crippen molar-refractivity contribution in [3.63, 3.8) is 0 Å². The number of amides is 1. The Hall–Kier alpha value is -1.03. The average molecular weight is 200 g/mol. The highest BCUT2D eigenvalue weighted by atomic mass is 16.5.